The van der Waals surface area contributed by atoms with Crippen LogP contribution in [0.3, 0.4) is 0 Å². The maximum absolute atomic E-state index is 12.6. The van der Waals surface area contributed by atoms with Gasteiger partial charge in [-0.2, -0.15) is 4.31 Å². The van der Waals surface area contributed by atoms with Crippen molar-refractivity contribution in [2.24, 2.45) is 0 Å². The van der Waals surface area contributed by atoms with E-state index < -0.39 is 21.5 Å². The molecule has 0 aromatic heterocycles. The van der Waals surface area contributed by atoms with E-state index in [9.17, 15) is 18.3 Å². The molecule has 1 heterocycles. The molecule has 1 N–H and O–H groups in total. The van der Waals surface area contributed by atoms with Crippen molar-refractivity contribution in [3.05, 3.63) is 29.3 Å². The van der Waals surface area contributed by atoms with Gasteiger partial charge in [0.05, 0.1) is 5.02 Å². The summed E-state index contributed by atoms with van der Waals surface area (Å²) in [6.07, 6.45) is 0.818. The highest BCUT2D eigenvalue weighted by atomic mass is 35.5. The minimum Gasteiger partial charge on any atom is -0.480 e. The molecular formula is C12H14ClNO4S. The van der Waals surface area contributed by atoms with Crippen LogP contribution in [0.5, 0.6) is 0 Å². The summed E-state index contributed by atoms with van der Waals surface area (Å²) in [5.41, 5.74) is -1.40. The molecule has 0 aliphatic carbocycles. The number of rotatable bonds is 3. The minimum absolute atomic E-state index is 0.0500. The predicted octanol–water partition coefficient (Wildman–Crippen LogP) is 1.97. The molecule has 0 spiro atoms. The molecule has 19 heavy (non-hydrogen) atoms. The molecule has 0 saturated carbocycles. The molecule has 1 aliphatic rings. The standard InChI is InChI=1S/C12H14ClNO4S/c1-12(11(15)16)7-4-8-14(12)19(17,18)10-6-3-2-5-9(10)13/h2-3,5-6H,4,7-8H2,1H3,(H,15,16). The molecule has 1 saturated heterocycles. The Morgan fingerprint density at radius 1 is 1.42 bits per heavy atom. The zero-order valence-corrected chi connectivity index (χ0v) is 11.9. The van der Waals surface area contributed by atoms with Crippen LogP contribution in [0.15, 0.2) is 29.2 Å². The fourth-order valence-corrected chi connectivity index (χ4v) is 4.61. The molecule has 1 fully saturated rings. The Bertz CT molecular complexity index is 616. The zero-order chi connectivity index (χ0) is 14.3. The van der Waals surface area contributed by atoms with Crippen molar-refractivity contribution in [1.82, 2.24) is 4.31 Å². The highest BCUT2D eigenvalue weighted by Gasteiger charge is 2.50. The van der Waals surface area contributed by atoms with Crippen molar-refractivity contribution < 1.29 is 18.3 Å². The van der Waals surface area contributed by atoms with Crippen molar-refractivity contribution in [3.8, 4) is 0 Å². The third-order valence-electron chi connectivity index (χ3n) is 3.44. The van der Waals surface area contributed by atoms with E-state index in [1.54, 1.807) is 12.1 Å². The Hall–Kier alpha value is -1.11. The fourth-order valence-electron chi connectivity index (χ4n) is 2.31. The number of nitrogens with zero attached hydrogens (tertiary/aromatic N) is 1. The summed E-state index contributed by atoms with van der Waals surface area (Å²) in [6.45, 7) is 1.62. The van der Waals surface area contributed by atoms with E-state index in [1.165, 1.54) is 19.1 Å². The lowest BCUT2D eigenvalue weighted by atomic mass is 10.0. The molecule has 1 aromatic rings. The van der Waals surface area contributed by atoms with Crippen LogP contribution in [0.25, 0.3) is 0 Å². The molecule has 1 aromatic carbocycles. The number of aliphatic carboxylic acids is 1. The summed E-state index contributed by atoms with van der Waals surface area (Å²) < 4.78 is 26.1. The van der Waals surface area contributed by atoms with Crippen LogP contribution in [0.2, 0.25) is 5.02 Å². The Balaban J connectivity index is 2.52. The smallest absolute Gasteiger partial charge is 0.324 e. The van der Waals surface area contributed by atoms with Gasteiger partial charge < -0.3 is 5.11 Å². The summed E-state index contributed by atoms with van der Waals surface area (Å²) in [7, 11) is -3.90. The lowest BCUT2D eigenvalue weighted by molar-refractivity contribution is -0.146. The Labute approximate surface area is 116 Å². The second-order valence-electron chi connectivity index (χ2n) is 4.69. The van der Waals surface area contributed by atoms with Gasteiger partial charge in [-0.3, -0.25) is 4.79 Å². The number of carboxylic acid groups (broad SMARTS) is 1. The van der Waals surface area contributed by atoms with Gasteiger partial charge in [0, 0.05) is 6.54 Å². The Morgan fingerprint density at radius 2 is 2.05 bits per heavy atom. The molecular weight excluding hydrogens is 290 g/mol. The number of carboxylic acids is 1. The molecule has 0 amide bonds. The predicted molar refractivity (Wildman–Crippen MR) is 70.6 cm³/mol. The molecule has 104 valence electrons. The van der Waals surface area contributed by atoms with E-state index in [0.717, 1.165) is 4.31 Å². The number of benzene rings is 1. The average Bonchev–Trinajstić information content (AvgIpc) is 2.74. The van der Waals surface area contributed by atoms with Gasteiger partial charge in [0.15, 0.2) is 0 Å². The maximum atomic E-state index is 12.6. The molecule has 1 unspecified atom stereocenters. The van der Waals surface area contributed by atoms with Gasteiger partial charge in [0.25, 0.3) is 0 Å². The first-order valence-corrected chi connectivity index (χ1v) is 7.63. The van der Waals surface area contributed by atoms with E-state index in [4.69, 9.17) is 11.6 Å². The third-order valence-corrected chi connectivity index (χ3v) is 5.96. The fraction of sp³-hybridized carbons (Fsp3) is 0.417. The Morgan fingerprint density at radius 3 is 2.63 bits per heavy atom. The van der Waals surface area contributed by atoms with E-state index in [-0.39, 0.29) is 16.5 Å². The van der Waals surface area contributed by atoms with Crippen LogP contribution >= 0.6 is 11.6 Å². The van der Waals surface area contributed by atoms with Crippen molar-refractivity contribution >= 4 is 27.6 Å². The second-order valence-corrected chi connectivity index (χ2v) is 6.93. The van der Waals surface area contributed by atoms with Crippen LogP contribution in [0, 0.1) is 0 Å². The van der Waals surface area contributed by atoms with Gasteiger partial charge in [-0.05, 0) is 31.9 Å². The third kappa shape index (κ3) is 2.24. The second kappa shape index (κ2) is 4.77. The van der Waals surface area contributed by atoms with Gasteiger partial charge in [0.1, 0.15) is 10.4 Å². The highest BCUT2D eigenvalue weighted by molar-refractivity contribution is 7.89. The van der Waals surface area contributed by atoms with Crippen LogP contribution in [-0.2, 0) is 14.8 Å². The van der Waals surface area contributed by atoms with Crippen LogP contribution in [0.1, 0.15) is 19.8 Å². The monoisotopic (exact) mass is 303 g/mol. The normalized spacial score (nSPS) is 24.5. The number of hydrogen-bond donors (Lipinski definition) is 1. The van der Waals surface area contributed by atoms with Crippen molar-refractivity contribution in [1.29, 1.82) is 0 Å². The summed E-state index contributed by atoms with van der Waals surface area (Å²) in [6, 6.07) is 6.05. The first-order valence-electron chi connectivity index (χ1n) is 5.81. The minimum atomic E-state index is -3.90. The molecule has 0 radical (unpaired) electrons. The lowest BCUT2D eigenvalue weighted by Crippen LogP contribution is -2.50. The first kappa shape index (κ1) is 14.3. The van der Waals surface area contributed by atoms with Crippen LogP contribution in [-0.4, -0.2) is 35.9 Å². The number of hydrogen-bond acceptors (Lipinski definition) is 3. The Kier molecular flexibility index (Phi) is 3.59. The van der Waals surface area contributed by atoms with E-state index >= 15 is 0 Å². The number of halogens is 1. The largest absolute Gasteiger partial charge is 0.480 e. The number of sulfonamides is 1. The van der Waals surface area contributed by atoms with Gasteiger partial charge in [-0.25, -0.2) is 8.42 Å². The van der Waals surface area contributed by atoms with Crippen LogP contribution in [0.4, 0.5) is 0 Å². The lowest BCUT2D eigenvalue weighted by Gasteiger charge is -2.30. The van der Waals surface area contributed by atoms with Gasteiger partial charge in [0.2, 0.25) is 10.0 Å². The molecule has 1 atom stereocenters. The van der Waals surface area contributed by atoms with Gasteiger partial charge in [-0.1, -0.05) is 23.7 Å². The van der Waals surface area contributed by atoms with Crippen LogP contribution < -0.4 is 0 Å². The van der Waals surface area contributed by atoms with E-state index in [2.05, 4.69) is 0 Å². The SMILES string of the molecule is CC1(C(=O)O)CCCN1S(=O)(=O)c1ccccc1Cl. The summed E-state index contributed by atoms with van der Waals surface area (Å²) >= 11 is 5.91. The zero-order valence-electron chi connectivity index (χ0n) is 10.3. The van der Waals surface area contributed by atoms with Crippen molar-refractivity contribution in [2.45, 2.75) is 30.2 Å². The number of carbonyl (C=O) groups is 1. The molecule has 5 nitrogen and oxygen atoms in total. The van der Waals surface area contributed by atoms with E-state index in [1.807, 2.05) is 0 Å². The van der Waals surface area contributed by atoms with Crippen molar-refractivity contribution in [3.63, 3.8) is 0 Å². The first-order chi connectivity index (χ1) is 8.80. The summed E-state index contributed by atoms with van der Waals surface area (Å²) in [5.74, 6) is -1.14. The summed E-state index contributed by atoms with van der Waals surface area (Å²) in [5, 5.41) is 9.38. The average molecular weight is 304 g/mol. The summed E-state index contributed by atoms with van der Waals surface area (Å²) in [4.78, 5) is 11.3. The highest BCUT2D eigenvalue weighted by Crippen LogP contribution is 2.36. The van der Waals surface area contributed by atoms with Gasteiger partial charge in [-0.15, -0.1) is 0 Å². The topological polar surface area (TPSA) is 74.7 Å². The van der Waals surface area contributed by atoms with Gasteiger partial charge >= 0.3 is 5.97 Å². The van der Waals surface area contributed by atoms with Crippen molar-refractivity contribution in [2.75, 3.05) is 6.54 Å². The molecule has 1 aliphatic heterocycles. The van der Waals surface area contributed by atoms with E-state index in [0.29, 0.717) is 12.8 Å². The molecule has 7 heteroatoms. The quantitative estimate of drug-likeness (QED) is 0.926. The molecule has 2 rings (SSSR count). The maximum Gasteiger partial charge on any atom is 0.324 e. The molecule has 0 bridgehead atoms.